The summed E-state index contributed by atoms with van der Waals surface area (Å²) in [4.78, 5) is 22.9. The van der Waals surface area contributed by atoms with Crippen LogP contribution in [-0.4, -0.2) is 35.2 Å². The molecule has 36 heavy (non-hydrogen) atoms. The Balaban J connectivity index is 1.51. The van der Waals surface area contributed by atoms with Crippen LogP contribution >= 0.6 is 0 Å². The van der Waals surface area contributed by atoms with E-state index in [0.29, 0.717) is 23.9 Å². The summed E-state index contributed by atoms with van der Waals surface area (Å²) in [5.74, 6) is 1.86. The molecule has 0 saturated carbocycles. The van der Waals surface area contributed by atoms with Gasteiger partial charge in [-0.2, -0.15) is 0 Å². The Labute approximate surface area is 209 Å². The predicted octanol–water partition coefficient (Wildman–Crippen LogP) is 4.72. The minimum Gasteiger partial charge on any atom is -0.268 e. The van der Waals surface area contributed by atoms with Gasteiger partial charge in [-0.3, -0.25) is 4.79 Å². The molecule has 0 aliphatic rings. The van der Waals surface area contributed by atoms with Crippen LogP contribution in [0.15, 0.2) is 77.7 Å². The number of aryl methyl sites for hydroxylation is 2. The first-order valence-corrected chi connectivity index (χ1v) is 12.1. The number of aromatic nitrogens is 7. The smallest absolute Gasteiger partial charge is 0.263 e. The molecule has 1 N–H and O–H groups in total. The predicted molar refractivity (Wildman–Crippen MR) is 139 cm³/mol. The van der Waals surface area contributed by atoms with E-state index in [1.807, 2.05) is 49.4 Å². The number of unbranched alkanes of at least 4 members (excludes halogenated alkanes) is 1. The van der Waals surface area contributed by atoms with Crippen molar-refractivity contribution < 1.29 is 0 Å². The van der Waals surface area contributed by atoms with Gasteiger partial charge in [-0.05, 0) is 59.0 Å². The SMILES string of the molecule is CCCCc1nc(C)n(-c2ccccn2)c(=O)c1Cc1ccc(-c2ccccc2-c2nnn[nH]2)cc1. The zero-order valence-corrected chi connectivity index (χ0v) is 20.3. The van der Waals surface area contributed by atoms with Crippen molar-refractivity contribution in [2.24, 2.45) is 0 Å². The highest BCUT2D eigenvalue weighted by molar-refractivity contribution is 5.80. The quantitative estimate of drug-likeness (QED) is 0.347. The topological polar surface area (TPSA) is 102 Å². The van der Waals surface area contributed by atoms with Crippen molar-refractivity contribution in [3.63, 3.8) is 0 Å². The van der Waals surface area contributed by atoms with E-state index in [2.05, 4.69) is 56.8 Å². The number of pyridine rings is 1. The van der Waals surface area contributed by atoms with Crippen LogP contribution in [0.5, 0.6) is 0 Å². The van der Waals surface area contributed by atoms with Crippen molar-refractivity contribution in [1.29, 1.82) is 0 Å². The van der Waals surface area contributed by atoms with Gasteiger partial charge in [-0.25, -0.2) is 19.6 Å². The third-order valence-electron chi connectivity index (χ3n) is 6.25. The normalized spacial score (nSPS) is 11.1. The van der Waals surface area contributed by atoms with Crippen LogP contribution in [0, 0.1) is 6.92 Å². The highest BCUT2D eigenvalue weighted by Crippen LogP contribution is 2.30. The van der Waals surface area contributed by atoms with Crippen molar-refractivity contribution in [2.45, 2.75) is 39.5 Å². The largest absolute Gasteiger partial charge is 0.268 e. The lowest BCUT2D eigenvalue weighted by atomic mass is 9.96. The van der Waals surface area contributed by atoms with E-state index < -0.39 is 0 Å². The Bertz CT molecular complexity index is 1510. The number of rotatable bonds is 8. The van der Waals surface area contributed by atoms with Crippen molar-refractivity contribution in [3.05, 3.63) is 106 Å². The molecular formula is C28H27N7O. The first-order chi connectivity index (χ1) is 17.7. The highest BCUT2D eigenvalue weighted by atomic mass is 16.1. The first-order valence-electron chi connectivity index (χ1n) is 12.1. The molecule has 180 valence electrons. The Morgan fingerprint density at radius 2 is 1.72 bits per heavy atom. The second-order valence-electron chi connectivity index (χ2n) is 8.69. The Kier molecular flexibility index (Phi) is 6.75. The average Bonchev–Trinajstić information content (AvgIpc) is 3.45. The molecule has 3 heterocycles. The maximum atomic E-state index is 13.7. The maximum absolute atomic E-state index is 13.7. The van der Waals surface area contributed by atoms with Gasteiger partial charge in [-0.1, -0.05) is 67.9 Å². The van der Waals surface area contributed by atoms with E-state index in [1.165, 1.54) is 0 Å². The third-order valence-corrected chi connectivity index (χ3v) is 6.25. The fourth-order valence-electron chi connectivity index (χ4n) is 4.42. The van der Waals surface area contributed by atoms with Gasteiger partial charge in [0, 0.05) is 23.7 Å². The lowest BCUT2D eigenvalue weighted by Gasteiger charge is -2.15. The molecule has 0 aliphatic heterocycles. The molecule has 2 aromatic carbocycles. The van der Waals surface area contributed by atoms with Crippen LogP contribution < -0.4 is 5.56 Å². The minimum atomic E-state index is -0.0560. The molecule has 0 atom stereocenters. The van der Waals surface area contributed by atoms with Gasteiger partial charge >= 0.3 is 0 Å². The minimum absolute atomic E-state index is 0.0560. The molecule has 5 rings (SSSR count). The Morgan fingerprint density at radius 1 is 0.944 bits per heavy atom. The van der Waals surface area contributed by atoms with E-state index in [1.54, 1.807) is 10.8 Å². The standard InChI is InChI=1S/C28H27N7O/c1-3-4-11-25-24(28(36)35(19(2)30-25)26-12-7-8-17-29-26)18-20-13-15-21(16-14-20)22-9-5-6-10-23(22)27-31-33-34-32-27/h5-10,12-17H,3-4,11,18H2,1-2H3,(H,31,32,33,34). The van der Waals surface area contributed by atoms with Crippen LogP contribution in [0.25, 0.3) is 28.3 Å². The van der Waals surface area contributed by atoms with Gasteiger partial charge in [0.25, 0.3) is 5.56 Å². The van der Waals surface area contributed by atoms with Crippen molar-refractivity contribution >= 4 is 0 Å². The van der Waals surface area contributed by atoms with E-state index in [-0.39, 0.29) is 5.56 Å². The highest BCUT2D eigenvalue weighted by Gasteiger charge is 2.17. The van der Waals surface area contributed by atoms with Crippen LogP contribution in [0.1, 0.15) is 42.4 Å². The number of hydrogen-bond acceptors (Lipinski definition) is 6. The molecule has 0 saturated heterocycles. The lowest BCUT2D eigenvalue weighted by Crippen LogP contribution is -2.28. The average molecular weight is 478 g/mol. The molecule has 0 fully saturated rings. The van der Waals surface area contributed by atoms with Gasteiger partial charge in [0.2, 0.25) is 0 Å². The number of nitrogens with zero attached hydrogens (tertiary/aromatic N) is 6. The van der Waals surface area contributed by atoms with Crippen molar-refractivity contribution in [2.75, 3.05) is 0 Å². The Hall–Kier alpha value is -4.46. The number of benzene rings is 2. The molecule has 0 spiro atoms. The van der Waals surface area contributed by atoms with Gasteiger partial charge in [-0.15, -0.1) is 5.10 Å². The van der Waals surface area contributed by atoms with E-state index >= 15 is 0 Å². The zero-order valence-electron chi connectivity index (χ0n) is 20.3. The second-order valence-corrected chi connectivity index (χ2v) is 8.69. The molecule has 0 amide bonds. The molecular weight excluding hydrogens is 450 g/mol. The van der Waals surface area contributed by atoms with Crippen molar-refractivity contribution in [3.8, 4) is 28.3 Å². The summed E-state index contributed by atoms with van der Waals surface area (Å²) in [5, 5.41) is 14.3. The lowest BCUT2D eigenvalue weighted by molar-refractivity contribution is 0.729. The number of hydrogen-bond donors (Lipinski definition) is 1. The number of tetrazole rings is 1. The summed E-state index contributed by atoms with van der Waals surface area (Å²) in [5.41, 5.74) is 5.59. The fraction of sp³-hybridized carbons (Fsp3) is 0.214. The molecule has 0 radical (unpaired) electrons. The van der Waals surface area contributed by atoms with Crippen LogP contribution in [-0.2, 0) is 12.8 Å². The number of nitrogens with one attached hydrogen (secondary N) is 1. The maximum Gasteiger partial charge on any atom is 0.263 e. The summed E-state index contributed by atoms with van der Waals surface area (Å²) in [7, 11) is 0. The van der Waals surface area contributed by atoms with E-state index in [4.69, 9.17) is 4.98 Å². The monoisotopic (exact) mass is 477 g/mol. The first kappa shape index (κ1) is 23.3. The van der Waals surface area contributed by atoms with Crippen LogP contribution in [0.3, 0.4) is 0 Å². The van der Waals surface area contributed by atoms with Gasteiger partial charge in [0.1, 0.15) is 11.6 Å². The summed E-state index contributed by atoms with van der Waals surface area (Å²) in [6, 6.07) is 21.8. The molecule has 5 aromatic rings. The second kappa shape index (κ2) is 10.4. The molecule has 0 aliphatic carbocycles. The fourth-order valence-corrected chi connectivity index (χ4v) is 4.42. The van der Waals surface area contributed by atoms with Crippen LogP contribution in [0.4, 0.5) is 0 Å². The van der Waals surface area contributed by atoms with E-state index in [0.717, 1.165) is 52.8 Å². The zero-order chi connectivity index (χ0) is 24.9. The van der Waals surface area contributed by atoms with Gasteiger partial charge in [0.05, 0.1) is 5.69 Å². The van der Waals surface area contributed by atoms with E-state index in [9.17, 15) is 4.79 Å². The Morgan fingerprint density at radius 3 is 2.42 bits per heavy atom. The summed E-state index contributed by atoms with van der Waals surface area (Å²) in [6.07, 6.45) is 5.00. The molecule has 3 aromatic heterocycles. The molecule has 8 nitrogen and oxygen atoms in total. The molecule has 0 unspecified atom stereocenters. The van der Waals surface area contributed by atoms with Crippen LogP contribution in [0.2, 0.25) is 0 Å². The van der Waals surface area contributed by atoms with Crippen molar-refractivity contribution in [1.82, 2.24) is 35.2 Å². The molecule has 0 bridgehead atoms. The number of H-pyrrole nitrogens is 1. The summed E-state index contributed by atoms with van der Waals surface area (Å²) in [6.45, 7) is 4.01. The molecule has 8 heteroatoms. The number of aromatic amines is 1. The summed E-state index contributed by atoms with van der Waals surface area (Å²) >= 11 is 0. The summed E-state index contributed by atoms with van der Waals surface area (Å²) < 4.78 is 1.61. The van der Waals surface area contributed by atoms with Gasteiger partial charge < -0.3 is 0 Å². The van der Waals surface area contributed by atoms with Gasteiger partial charge in [0.15, 0.2) is 5.82 Å². The third kappa shape index (κ3) is 4.70.